The number of nitrogens with zero attached hydrogens (tertiary/aromatic N) is 4. The van der Waals surface area contributed by atoms with Crippen molar-refractivity contribution in [1.29, 1.82) is 0 Å². The van der Waals surface area contributed by atoms with Crippen molar-refractivity contribution in [2.75, 3.05) is 0 Å². The van der Waals surface area contributed by atoms with E-state index in [9.17, 15) is 9.59 Å². The highest BCUT2D eigenvalue weighted by molar-refractivity contribution is 7.20. The molecule has 1 aromatic carbocycles. The van der Waals surface area contributed by atoms with Crippen LogP contribution in [0.15, 0.2) is 47.5 Å². The molecule has 5 rings (SSSR count). The van der Waals surface area contributed by atoms with Gasteiger partial charge in [0.1, 0.15) is 10.7 Å². The molecule has 0 atom stereocenters. The van der Waals surface area contributed by atoms with E-state index in [1.54, 1.807) is 15.4 Å². The first-order valence-electron chi connectivity index (χ1n) is 9.52. The third-order valence-electron chi connectivity index (χ3n) is 5.30. The van der Waals surface area contributed by atoms with E-state index in [1.165, 1.54) is 11.3 Å². The summed E-state index contributed by atoms with van der Waals surface area (Å²) in [6, 6.07) is 9.67. The molecule has 3 aromatic heterocycles. The molecule has 1 aliphatic heterocycles. The van der Waals surface area contributed by atoms with E-state index < -0.39 is 0 Å². The number of benzene rings is 1. The van der Waals surface area contributed by atoms with Crippen molar-refractivity contribution in [3.63, 3.8) is 0 Å². The van der Waals surface area contributed by atoms with Crippen LogP contribution >= 0.6 is 11.3 Å². The lowest BCUT2D eigenvalue weighted by Gasteiger charge is -2.10. The molecule has 0 bridgehead atoms. The van der Waals surface area contributed by atoms with Crippen LogP contribution < -0.4 is 10.9 Å². The maximum absolute atomic E-state index is 12.9. The molecular formula is C21H19N5O2S. The Morgan fingerprint density at radius 2 is 2.14 bits per heavy atom. The molecule has 4 aromatic rings. The van der Waals surface area contributed by atoms with Crippen LogP contribution in [0.2, 0.25) is 0 Å². The lowest BCUT2D eigenvalue weighted by Crippen LogP contribution is -2.24. The van der Waals surface area contributed by atoms with Crippen LogP contribution in [-0.4, -0.2) is 25.2 Å². The van der Waals surface area contributed by atoms with Crippen LogP contribution in [0.4, 0.5) is 0 Å². The number of rotatable bonds is 4. The number of nitrogens with one attached hydrogen (secondary N) is 1. The molecule has 0 saturated carbocycles. The third-order valence-corrected chi connectivity index (χ3v) is 6.48. The predicted molar refractivity (Wildman–Crippen MR) is 112 cm³/mol. The van der Waals surface area contributed by atoms with Crippen molar-refractivity contribution in [1.82, 2.24) is 24.6 Å². The maximum Gasteiger partial charge on any atom is 0.262 e. The number of hydrogen-bond acceptors (Lipinski definition) is 5. The molecule has 0 radical (unpaired) electrons. The maximum atomic E-state index is 12.9. The summed E-state index contributed by atoms with van der Waals surface area (Å²) in [6.45, 7) is 2.90. The Hall–Kier alpha value is -3.26. The minimum Gasteiger partial charge on any atom is -0.347 e. The van der Waals surface area contributed by atoms with E-state index in [0.717, 1.165) is 29.9 Å². The summed E-state index contributed by atoms with van der Waals surface area (Å²) in [6.07, 6.45) is 5.35. The van der Waals surface area contributed by atoms with Gasteiger partial charge in [0.25, 0.3) is 11.5 Å². The van der Waals surface area contributed by atoms with Gasteiger partial charge < -0.3 is 5.32 Å². The Bertz CT molecular complexity index is 1290. The first kappa shape index (κ1) is 17.8. The number of aryl methyl sites for hydroxylation is 2. The highest BCUT2D eigenvalue weighted by atomic mass is 32.1. The molecule has 7 nitrogen and oxygen atoms in total. The van der Waals surface area contributed by atoms with Crippen molar-refractivity contribution in [2.24, 2.45) is 0 Å². The lowest BCUT2D eigenvalue weighted by atomic mass is 10.1. The lowest BCUT2D eigenvalue weighted by molar-refractivity contribution is 0.0954. The SMILES string of the molecule is Cc1c(C(=O)NCc2ccccc2-n2cccn2)sc2nc3n(c(=O)c12)CCC3. The number of fused-ring (bicyclic) bond motifs is 2. The second-order valence-electron chi connectivity index (χ2n) is 7.09. The fourth-order valence-corrected chi connectivity index (χ4v) is 4.95. The van der Waals surface area contributed by atoms with Gasteiger partial charge in [0.15, 0.2) is 0 Å². The zero-order valence-electron chi connectivity index (χ0n) is 15.9. The van der Waals surface area contributed by atoms with Crippen LogP contribution in [0.5, 0.6) is 0 Å². The Morgan fingerprint density at radius 1 is 1.28 bits per heavy atom. The first-order chi connectivity index (χ1) is 14.1. The molecule has 0 fully saturated rings. The molecule has 1 N–H and O–H groups in total. The molecular weight excluding hydrogens is 386 g/mol. The van der Waals surface area contributed by atoms with E-state index in [4.69, 9.17) is 0 Å². The number of para-hydroxylation sites is 1. The molecule has 0 spiro atoms. The highest BCUT2D eigenvalue weighted by Gasteiger charge is 2.23. The molecule has 0 aliphatic carbocycles. The smallest absolute Gasteiger partial charge is 0.262 e. The van der Waals surface area contributed by atoms with Crippen molar-refractivity contribution >= 4 is 27.5 Å². The fraction of sp³-hybridized carbons (Fsp3) is 0.238. The van der Waals surface area contributed by atoms with Crippen LogP contribution in [-0.2, 0) is 19.5 Å². The standard InChI is InChI=1S/C21H19N5O2S/c1-13-17-20(24-16-8-4-10-25(16)21(17)28)29-18(13)19(27)22-12-14-6-2-3-7-15(14)26-11-5-9-23-26/h2-3,5-7,9,11H,4,8,10,12H2,1H3,(H,22,27). The van der Waals surface area contributed by atoms with Gasteiger partial charge in [-0.1, -0.05) is 18.2 Å². The average molecular weight is 405 g/mol. The number of amides is 1. The molecule has 8 heteroatoms. The van der Waals surface area contributed by atoms with Crippen molar-refractivity contribution in [3.05, 3.63) is 74.9 Å². The molecule has 146 valence electrons. The summed E-state index contributed by atoms with van der Waals surface area (Å²) in [7, 11) is 0. The minimum absolute atomic E-state index is 0.0284. The molecule has 4 heterocycles. The van der Waals surface area contributed by atoms with Crippen molar-refractivity contribution < 1.29 is 4.79 Å². The highest BCUT2D eigenvalue weighted by Crippen LogP contribution is 2.28. The second-order valence-corrected chi connectivity index (χ2v) is 8.09. The average Bonchev–Trinajstić information content (AvgIpc) is 3.47. The zero-order valence-corrected chi connectivity index (χ0v) is 16.7. The van der Waals surface area contributed by atoms with Gasteiger partial charge >= 0.3 is 0 Å². The van der Waals surface area contributed by atoms with Gasteiger partial charge in [-0.2, -0.15) is 5.10 Å². The predicted octanol–water partition coefficient (Wildman–Crippen LogP) is 2.83. The van der Waals surface area contributed by atoms with Crippen molar-refractivity contribution in [3.8, 4) is 5.69 Å². The summed E-state index contributed by atoms with van der Waals surface area (Å²) in [4.78, 5) is 31.6. The van der Waals surface area contributed by atoms with Crippen LogP contribution in [0, 0.1) is 6.92 Å². The molecule has 1 amide bonds. The van der Waals surface area contributed by atoms with Gasteiger partial charge in [-0.05, 0) is 36.6 Å². The molecule has 0 saturated heterocycles. The Balaban J connectivity index is 1.44. The summed E-state index contributed by atoms with van der Waals surface area (Å²) >= 11 is 1.30. The summed E-state index contributed by atoms with van der Waals surface area (Å²) < 4.78 is 3.52. The molecule has 0 unspecified atom stereocenters. The monoisotopic (exact) mass is 405 g/mol. The summed E-state index contributed by atoms with van der Waals surface area (Å²) in [5.74, 6) is 0.634. The number of hydrogen-bond donors (Lipinski definition) is 1. The van der Waals surface area contributed by atoms with Gasteiger partial charge in [0.05, 0.1) is 16.0 Å². The van der Waals surface area contributed by atoms with Gasteiger partial charge in [-0.15, -0.1) is 11.3 Å². The zero-order chi connectivity index (χ0) is 20.0. The largest absolute Gasteiger partial charge is 0.347 e. The topological polar surface area (TPSA) is 81.8 Å². The Labute approximate surface area is 170 Å². The Morgan fingerprint density at radius 3 is 2.97 bits per heavy atom. The quantitative estimate of drug-likeness (QED) is 0.566. The second kappa shape index (κ2) is 6.97. The van der Waals surface area contributed by atoms with E-state index >= 15 is 0 Å². The summed E-state index contributed by atoms with van der Waals surface area (Å²) in [5, 5.41) is 7.84. The van der Waals surface area contributed by atoms with E-state index in [0.29, 0.717) is 33.7 Å². The van der Waals surface area contributed by atoms with Crippen LogP contribution in [0.25, 0.3) is 15.9 Å². The third kappa shape index (κ3) is 2.96. The van der Waals surface area contributed by atoms with E-state index in [2.05, 4.69) is 15.4 Å². The number of carbonyl (C=O) groups is 1. The van der Waals surface area contributed by atoms with E-state index in [1.807, 2.05) is 43.5 Å². The number of carbonyl (C=O) groups excluding carboxylic acids is 1. The first-order valence-corrected chi connectivity index (χ1v) is 10.3. The van der Waals surface area contributed by atoms with Gasteiger partial charge in [0, 0.05) is 31.9 Å². The Kier molecular flexibility index (Phi) is 4.28. The number of aromatic nitrogens is 4. The van der Waals surface area contributed by atoms with E-state index in [-0.39, 0.29) is 11.5 Å². The van der Waals surface area contributed by atoms with Crippen molar-refractivity contribution in [2.45, 2.75) is 32.9 Å². The van der Waals surface area contributed by atoms with Gasteiger partial charge in [-0.25, -0.2) is 9.67 Å². The summed E-state index contributed by atoms with van der Waals surface area (Å²) in [5.41, 5.74) is 2.56. The normalized spacial score (nSPS) is 13.0. The molecule has 1 aliphatic rings. The fourth-order valence-electron chi connectivity index (χ4n) is 3.84. The van der Waals surface area contributed by atoms with Gasteiger partial charge in [-0.3, -0.25) is 14.2 Å². The van der Waals surface area contributed by atoms with Crippen LogP contribution in [0.1, 0.15) is 33.0 Å². The van der Waals surface area contributed by atoms with Gasteiger partial charge in [0.2, 0.25) is 0 Å². The minimum atomic E-state index is -0.190. The number of thiophene rings is 1. The molecule has 29 heavy (non-hydrogen) atoms. The van der Waals surface area contributed by atoms with Crippen LogP contribution in [0.3, 0.4) is 0 Å².